The second kappa shape index (κ2) is 6.78. The van der Waals surface area contributed by atoms with E-state index in [1.807, 2.05) is 25.1 Å². The average molecular weight is 285 g/mol. The first-order valence-corrected chi connectivity index (χ1v) is 6.31. The Morgan fingerprint density at radius 3 is 2.74 bits per heavy atom. The molecule has 106 valence electrons. The van der Waals surface area contributed by atoms with Crippen LogP contribution in [0, 0.1) is 12.8 Å². The van der Waals surface area contributed by atoms with Gasteiger partial charge in [-0.3, -0.25) is 4.79 Å². The molecule has 0 bridgehead atoms. The van der Waals surface area contributed by atoms with Crippen LogP contribution < -0.4 is 15.8 Å². The van der Waals surface area contributed by atoms with Crippen molar-refractivity contribution in [2.24, 2.45) is 11.7 Å². The quantitative estimate of drug-likeness (QED) is 0.896. The van der Waals surface area contributed by atoms with Crippen LogP contribution in [0.1, 0.15) is 24.8 Å². The molecule has 1 aliphatic rings. The van der Waals surface area contributed by atoms with E-state index in [-0.39, 0.29) is 30.3 Å². The van der Waals surface area contributed by atoms with Crippen LogP contribution >= 0.6 is 12.4 Å². The highest BCUT2D eigenvalue weighted by atomic mass is 35.5. The van der Waals surface area contributed by atoms with Crippen molar-refractivity contribution in [3.05, 3.63) is 23.8 Å². The number of methoxy groups -OCH3 is 1. The van der Waals surface area contributed by atoms with Crippen molar-refractivity contribution >= 4 is 24.0 Å². The molecule has 0 unspecified atom stereocenters. The fraction of sp³-hybridized carbons (Fsp3) is 0.500. The maximum Gasteiger partial charge on any atom is 0.227 e. The first-order valence-electron chi connectivity index (χ1n) is 6.31. The van der Waals surface area contributed by atoms with Gasteiger partial charge < -0.3 is 15.8 Å². The van der Waals surface area contributed by atoms with Gasteiger partial charge in [-0.25, -0.2) is 0 Å². The molecule has 1 saturated carbocycles. The second-order valence-electron chi connectivity index (χ2n) is 4.94. The normalized spacial score (nSPS) is 21.6. The van der Waals surface area contributed by atoms with Crippen LogP contribution in [0.5, 0.6) is 5.75 Å². The summed E-state index contributed by atoms with van der Waals surface area (Å²) in [5.41, 5.74) is 7.66. The molecular weight excluding hydrogens is 264 g/mol. The molecule has 1 amide bonds. The highest BCUT2D eigenvalue weighted by Crippen LogP contribution is 2.27. The number of anilines is 1. The number of benzene rings is 1. The molecule has 0 radical (unpaired) electrons. The number of aryl methyl sites for hydroxylation is 1. The van der Waals surface area contributed by atoms with Gasteiger partial charge in [0.15, 0.2) is 0 Å². The number of hydrogen-bond donors (Lipinski definition) is 2. The summed E-state index contributed by atoms with van der Waals surface area (Å²) in [4.78, 5) is 12.0. The first-order chi connectivity index (χ1) is 8.60. The number of halogens is 1. The van der Waals surface area contributed by atoms with Gasteiger partial charge in [0.2, 0.25) is 5.91 Å². The van der Waals surface area contributed by atoms with Gasteiger partial charge in [-0.2, -0.15) is 0 Å². The molecule has 2 atom stereocenters. The number of carbonyl (C=O) groups excluding carboxylic acids is 1. The third-order valence-corrected chi connectivity index (χ3v) is 3.52. The molecule has 0 heterocycles. The number of amides is 1. The fourth-order valence-corrected chi connectivity index (χ4v) is 2.40. The van der Waals surface area contributed by atoms with Gasteiger partial charge in [-0.15, -0.1) is 12.4 Å². The number of rotatable bonds is 3. The van der Waals surface area contributed by atoms with E-state index < -0.39 is 0 Å². The van der Waals surface area contributed by atoms with Crippen LogP contribution in [-0.4, -0.2) is 19.1 Å². The topological polar surface area (TPSA) is 64.3 Å². The predicted octanol–water partition coefficient (Wildman–Crippen LogP) is 2.49. The molecule has 1 aromatic rings. The smallest absolute Gasteiger partial charge is 0.227 e. The zero-order valence-electron chi connectivity index (χ0n) is 11.3. The van der Waals surface area contributed by atoms with E-state index in [0.29, 0.717) is 0 Å². The lowest BCUT2D eigenvalue weighted by atomic mass is 10.1. The second-order valence-corrected chi connectivity index (χ2v) is 4.94. The molecule has 0 saturated heterocycles. The third-order valence-electron chi connectivity index (χ3n) is 3.52. The number of hydrogen-bond acceptors (Lipinski definition) is 3. The van der Waals surface area contributed by atoms with E-state index in [4.69, 9.17) is 10.5 Å². The van der Waals surface area contributed by atoms with Crippen molar-refractivity contribution in [1.82, 2.24) is 0 Å². The number of nitrogens with one attached hydrogen (secondary N) is 1. The summed E-state index contributed by atoms with van der Waals surface area (Å²) in [7, 11) is 1.63. The lowest BCUT2D eigenvalue weighted by molar-refractivity contribution is -0.119. The number of carbonyl (C=O) groups is 1. The molecule has 0 spiro atoms. The summed E-state index contributed by atoms with van der Waals surface area (Å²) >= 11 is 0. The van der Waals surface area contributed by atoms with Crippen LogP contribution in [0.25, 0.3) is 0 Å². The van der Waals surface area contributed by atoms with Gasteiger partial charge in [0.25, 0.3) is 0 Å². The SMILES string of the molecule is COc1cc(NC(=O)[C@@H]2CC[C@H](N)C2)ccc1C.Cl. The Kier molecular flexibility index (Phi) is 5.63. The Morgan fingerprint density at radius 1 is 1.42 bits per heavy atom. The predicted molar refractivity (Wildman–Crippen MR) is 78.9 cm³/mol. The first kappa shape index (κ1) is 15.8. The van der Waals surface area contributed by atoms with Gasteiger partial charge in [0.05, 0.1) is 7.11 Å². The van der Waals surface area contributed by atoms with Crippen LogP contribution in [0.3, 0.4) is 0 Å². The Hall–Kier alpha value is -1.26. The third kappa shape index (κ3) is 3.85. The minimum atomic E-state index is 0. The zero-order valence-corrected chi connectivity index (χ0v) is 12.1. The molecule has 1 aliphatic carbocycles. The van der Waals surface area contributed by atoms with Gasteiger partial charge in [-0.05, 0) is 37.8 Å². The van der Waals surface area contributed by atoms with Crippen molar-refractivity contribution in [1.29, 1.82) is 0 Å². The zero-order chi connectivity index (χ0) is 13.1. The molecule has 1 fully saturated rings. The van der Waals surface area contributed by atoms with Gasteiger partial charge in [-0.1, -0.05) is 6.07 Å². The molecule has 0 aromatic heterocycles. The summed E-state index contributed by atoms with van der Waals surface area (Å²) < 4.78 is 5.24. The van der Waals surface area contributed by atoms with Crippen LogP contribution in [0.15, 0.2) is 18.2 Å². The van der Waals surface area contributed by atoms with Crippen molar-refractivity contribution < 1.29 is 9.53 Å². The Labute approximate surface area is 120 Å². The van der Waals surface area contributed by atoms with E-state index >= 15 is 0 Å². The molecule has 4 nitrogen and oxygen atoms in total. The summed E-state index contributed by atoms with van der Waals surface area (Å²) in [5.74, 6) is 0.900. The van der Waals surface area contributed by atoms with Crippen LogP contribution in [0.2, 0.25) is 0 Å². The standard InChI is InChI=1S/C14H20N2O2.ClH/c1-9-3-6-12(8-13(9)18-2)16-14(17)10-4-5-11(15)7-10;/h3,6,8,10-11H,4-5,7,15H2,1-2H3,(H,16,17);1H/t10-,11+;/m1./s1. The molecule has 0 aliphatic heterocycles. The monoisotopic (exact) mass is 284 g/mol. The van der Waals surface area contributed by atoms with Gasteiger partial charge >= 0.3 is 0 Å². The van der Waals surface area contributed by atoms with Crippen LogP contribution in [-0.2, 0) is 4.79 Å². The van der Waals surface area contributed by atoms with Crippen molar-refractivity contribution in [3.63, 3.8) is 0 Å². The lowest BCUT2D eigenvalue weighted by Gasteiger charge is -2.12. The Morgan fingerprint density at radius 2 is 2.16 bits per heavy atom. The number of nitrogens with two attached hydrogens (primary N) is 1. The van der Waals surface area contributed by atoms with Gasteiger partial charge in [0, 0.05) is 23.7 Å². The van der Waals surface area contributed by atoms with E-state index in [1.54, 1.807) is 7.11 Å². The summed E-state index contributed by atoms with van der Waals surface area (Å²) in [6, 6.07) is 5.86. The molecule has 2 rings (SSSR count). The van der Waals surface area contributed by atoms with Crippen molar-refractivity contribution in [3.8, 4) is 5.75 Å². The largest absolute Gasteiger partial charge is 0.496 e. The summed E-state index contributed by atoms with van der Waals surface area (Å²) in [6.07, 6.45) is 2.61. The summed E-state index contributed by atoms with van der Waals surface area (Å²) in [6.45, 7) is 1.97. The molecule has 19 heavy (non-hydrogen) atoms. The Bertz CT molecular complexity index is 451. The van der Waals surface area contributed by atoms with Crippen molar-refractivity contribution in [2.75, 3.05) is 12.4 Å². The van der Waals surface area contributed by atoms with Crippen LogP contribution in [0.4, 0.5) is 5.69 Å². The van der Waals surface area contributed by atoms with E-state index in [0.717, 1.165) is 36.3 Å². The minimum Gasteiger partial charge on any atom is -0.496 e. The highest BCUT2D eigenvalue weighted by Gasteiger charge is 2.27. The lowest BCUT2D eigenvalue weighted by Crippen LogP contribution is -2.23. The molecule has 3 N–H and O–H groups in total. The van der Waals surface area contributed by atoms with Gasteiger partial charge in [0.1, 0.15) is 5.75 Å². The highest BCUT2D eigenvalue weighted by molar-refractivity contribution is 5.93. The minimum absolute atomic E-state index is 0. The maximum absolute atomic E-state index is 12.0. The fourth-order valence-electron chi connectivity index (χ4n) is 2.40. The van der Waals surface area contributed by atoms with E-state index in [9.17, 15) is 4.79 Å². The summed E-state index contributed by atoms with van der Waals surface area (Å²) in [5, 5.41) is 2.93. The van der Waals surface area contributed by atoms with E-state index in [2.05, 4.69) is 5.32 Å². The average Bonchev–Trinajstić information content (AvgIpc) is 2.78. The molecular formula is C14H21ClN2O2. The maximum atomic E-state index is 12.0. The van der Waals surface area contributed by atoms with E-state index in [1.165, 1.54) is 0 Å². The Balaban J connectivity index is 0.00000180. The molecule has 5 heteroatoms. The van der Waals surface area contributed by atoms with Crippen molar-refractivity contribution in [2.45, 2.75) is 32.2 Å². The molecule has 1 aromatic carbocycles. The number of ether oxygens (including phenoxy) is 1.